The number of furan rings is 1. The van der Waals surface area contributed by atoms with Gasteiger partial charge in [0.15, 0.2) is 0 Å². The topological polar surface area (TPSA) is 69.0 Å². The third-order valence-electron chi connectivity index (χ3n) is 3.44. The molecule has 0 aliphatic rings. The van der Waals surface area contributed by atoms with Crippen LogP contribution < -0.4 is 4.74 Å². The summed E-state index contributed by atoms with van der Waals surface area (Å²) in [7, 11) is 2.83. The lowest BCUT2D eigenvalue weighted by molar-refractivity contribution is -0.0498. The predicted octanol–water partition coefficient (Wildman–Crippen LogP) is 3.25. The third-order valence-corrected chi connectivity index (χ3v) is 3.44. The molecule has 0 aliphatic carbocycles. The minimum absolute atomic E-state index is 0.0291. The Hall–Kier alpha value is -2.90. The van der Waals surface area contributed by atoms with E-state index in [0.717, 1.165) is 0 Å². The number of hydrogen-bond acceptors (Lipinski definition) is 5. The predicted molar refractivity (Wildman–Crippen MR) is 83.7 cm³/mol. The first-order chi connectivity index (χ1) is 11.8. The van der Waals surface area contributed by atoms with Crippen molar-refractivity contribution in [2.45, 2.75) is 20.1 Å². The Bertz CT molecular complexity index is 755. The minimum atomic E-state index is -2.92. The number of benzene rings is 1. The van der Waals surface area contributed by atoms with Gasteiger partial charge < -0.3 is 18.8 Å². The molecular weight excluding hydrogens is 336 g/mol. The molecule has 0 saturated carbocycles. The zero-order chi connectivity index (χ0) is 18.6. The number of methoxy groups -OCH3 is 1. The van der Waals surface area contributed by atoms with Crippen LogP contribution in [0.15, 0.2) is 34.7 Å². The fourth-order valence-electron chi connectivity index (χ4n) is 2.24. The van der Waals surface area contributed by atoms with Crippen LogP contribution in [0.3, 0.4) is 0 Å². The van der Waals surface area contributed by atoms with E-state index in [-0.39, 0.29) is 18.2 Å². The van der Waals surface area contributed by atoms with E-state index in [1.54, 1.807) is 14.0 Å². The normalized spacial score (nSPS) is 10.6. The zero-order valence-corrected chi connectivity index (χ0v) is 13.9. The molecule has 0 bridgehead atoms. The summed E-state index contributed by atoms with van der Waals surface area (Å²) < 4.78 is 38.6. The number of ether oxygens (including phenoxy) is 2. The lowest BCUT2D eigenvalue weighted by Crippen LogP contribution is -2.25. The van der Waals surface area contributed by atoms with E-state index in [1.807, 2.05) is 0 Å². The molecule has 1 aromatic heterocycles. The Balaban J connectivity index is 2.06. The van der Waals surface area contributed by atoms with Crippen LogP contribution in [-0.2, 0) is 11.3 Å². The Kier molecular flexibility index (Phi) is 5.74. The molecule has 0 N–H and O–H groups in total. The smallest absolute Gasteiger partial charge is 0.387 e. The standard InChI is InChI=1S/C17H17F2NO5/c1-10-14(16(22)23-3)8-13(24-10)9-20(2)15(21)11-4-6-12(7-5-11)25-17(18)19/h4-8,17H,9H2,1-3H3. The lowest BCUT2D eigenvalue weighted by Gasteiger charge is -2.16. The highest BCUT2D eigenvalue weighted by atomic mass is 19.3. The molecule has 0 unspecified atom stereocenters. The van der Waals surface area contributed by atoms with E-state index in [2.05, 4.69) is 9.47 Å². The van der Waals surface area contributed by atoms with E-state index >= 15 is 0 Å². The molecule has 1 aromatic carbocycles. The molecule has 0 aliphatic heterocycles. The van der Waals surface area contributed by atoms with Crippen molar-refractivity contribution in [1.29, 1.82) is 0 Å². The van der Waals surface area contributed by atoms with Crippen LogP contribution >= 0.6 is 0 Å². The molecular formula is C17H17F2NO5. The number of rotatable bonds is 6. The summed E-state index contributed by atoms with van der Waals surface area (Å²) in [4.78, 5) is 25.3. The molecule has 0 saturated heterocycles. The minimum Gasteiger partial charge on any atom is -0.465 e. The van der Waals surface area contributed by atoms with Gasteiger partial charge in [0.2, 0.25) is 0 Å². The fourth-order valence-corrected chi connectivity index (χ4v) is 2.24. The van der Waals surface area contributed by atoms with Gasteiger partial charge in [-0.1, -0.05) is 0 Å². The number of hydrogen-bond donors (Lipinski definition) is 0. The first kappa shape index (κ1) is 18.4. The highest BCUT2D eigenvalue weighted by molar-refractivity contribution is 5.94. The van der Waals surface area contributed by atoms with Gasteiger partial charge in [0.1, 0.15) is 22.8 Å². The van der Waals surface area contributed by atoms with E-state index in [4.69, 9.17) is 4.42 Å². The SMILES string of the molecule is COC(=O)c1cc(CN(C)C(=O)c2ccc(OC(F)F)cc2)oc1C. The number of nitrogens with zero attached hydrogens (tertiary/aromatic N) is 1. The van der Waals surface area contributed by atoms with Crippen LogP contribution in [0.5, 0.6) is 5.75 Å². The van der Waals surface area contributed by atoms with Crippen LogP contribution in [0, 0.1) is 6.92 Å². The van der Waals surface area contributed by atoms with Crippen LogP contribution in [0.2, 0.25) is 0 Å². The van der Waals surface area contributed by atoms with Crippen molar-refractivity contribution >= 4 is 11.9 Å². The van der Waals surface area contributed by atoms with Crippen LogP contribution in [-0.4, -0.2) is 37.5 Å². The number of amides is 1. The second kappa shape index (κ2) is 7.78. The molecule has 0 spiro atoms. The Morgan fingerprint density at radius 2 is 1.88 bits per heavy atom. The molecule has 8 heteroatoms. The van der Waals surface area contributed by atoms with Gasteiger partial charge in [0, 0.05) is 12.6 Å². The summed E-state index contributed by atoms with van der Waals surface area (Å²) in [6.07, 6.45) is 0. The highest BCUT2D eigenvalue weighted by Crippen LogP contribution is 2.19. The molecule has 2 rings (SSSR count). The molecule has 25 heavy (non-hydrogen) atoms. The number of alkyl halides is 2. The Morgan fingerprint density at radius 3 is 2.44 bits per heavy atom. The molecule has 6 nitrogen and oxygen atoms in total. The monoisotopic (exact) mass is 353 g/mol. The van der Waals surface area contributed by atoms with E-state index in [0.29, 0.717) is 22.6 Å². The average molecular weight is 353 g/mol. The third kappa shape index (κ3) is 4.56. The Morgan fingerprint density at radius 1 is 1.24 bits per heavy atom. The molecule has 2 aromatic rings. The van der Waals surface area contributed by atoms with E-state index in [1.165, 1.54) is 42.3 Å². The molecule has 0 radical (unpaired) electrons. The maximum absolute atomic E-state index is 12.4. The largest absolute Gasteiger partial charge is 0.465 e. The number of esters is 1. The van der Waals surface area contributed by atoms with Gasteiger partial charge in [-0.05, 0) is 37.3 Å². The van der Waals surface area contributed by atoms with Gasteiger partial charge in [0.05, 0.1) is 13.7 Å². The van der Waals surface area contributed by atoms with Crippen molar-refractivity contribution in [3.05, 3.63) is 53.0 Å². The van der Waals surface area contributed by atoms with E-state index in [9.17, 15) is 18.4 Å². The number of halogens is 2. The van der Waals surface area contributed by atoms with Crippen LogP contribution in [0.1, 0.15) is 32.2 Å². The van der Waals surface area contributed by atoms with Gasteiger partial charge >= 0.3 is 12.6 Å². The quantitative estimate of drug-likeness (QED) is 0.746. The second-order valence-corrected chi connectivity index (χ2v) is 5.24. The summed E-state index contributed by atoms with van der Waals surface area (Å²) in [6, 6.07) is 6.89. The summed E-state index contributed by atoms with van der Waals surface area (Å²) in [5.74, 6) is -0.0606. The Labute approximate surface area is 142 Å². The maximum atomic E-state index is 12.4. The molecule has 0 fully saturated rings. The maximum Gasteiger partial charge on any atom is 0.387 e. The van der Waals surface area contributed by atoms with Crippen molar-refractivity contribution in [3.8, 4) is 5.75 Å². The molecule has 1 amide bonds. The van der Waals surface area contributed by atoms with Gasteiger partial charge in [-0.3, -0.25) is 4.79 Å². The first-order valence-corrected chi connectivity index (χ1v) is 7.29. The number of carbonyl (C=O) groups excluding carboxylic acids is 2. The molecule has 1 heterocycles. The van der Waals surface area contributed by atoms with Crippen molar-refractivity contribution in [3.63, 3.8) is 0 Å². The van der Waals surface area contributed by atoms with E-state index < -0.39 is 12.6 Å². The van der Waals surface area contributed by atoms with Gasteiger partial charge in [-0.2, -0.15) is 8.78 Å². The summed E-state index contributed by atoms with van der Waals surface area (Å²) in [5, 5.41) is 0. The first-order valence-electron chi connectivity index (χ1n) is 7.29. The zero-order valence-electron chi connectivity index (χ0n) is 13.9. The fraction of sp³-hybridized carbons (Fsp3) is 0.294. The second-order valence-electron chi connectivity index (χ2n) is 5.24. The highest BCUT2D eigenvalue weighted by Gasteiger charge is 2.19. The van der Waals surface area contributed by atoms with Gasteiger partial charge in [0.25, 0.3) is 5.91 Å². The summed E-state index contributed by atoms with van der Waals surface area (Å²) >= 11 is 0. The van der Waals surface area contributed by atoms with Crippen molar-refractivity contribution in [1.82, 2.24) is 4.90 Å². The lowest BCUT2D eigenvalue weighted by atomic mass is 10.2. The number of carbonyl (C=O) groups is 2. The van der Waals surface area contributed by atoms with Crippen molar-refractivity contribution in [2.24, 2.45) is 0 Å². The van der Waals surface area contributed by atoms with Gasteiger partial charge in [-0.15, -0.1) is 0 Å². The van der Waals surface area contributed by atoms with Crippen LogP contribution in [0.25, 0.3) is 0 Å². The molecule has 0 atom stereocenters. The number of aryl methyl sites for hydroxylation is 1. The van der Waals surface area contributed by atoms with Crippen molar-refractivity contribution in [2.75, 3.05) is 14.2 Å². The van der Waals surface area contributed by atoms with Crippen LogP contribution in [0.4, 0.5) is 8.78 Å². The van der Waals surface area contributed by atoms with Crippen molar-refractivity contribution < 1.29 is 32.3 Å². The summed E-state index contributed by atoms with van der Waals surface area (Å²) in [6.45, 7) is -1.17. The summed E-state index contributed by atoms with van der Waals surface area (Å²) in [5.41, 5.74) is 0.604. The average Bonchev–Trinajstić information content (AvgIpc) is 2.94. The molecule has 134 valence electrons. The van der Waals surface area contributed by atoms with Gasteiger partial charge in [-0.25, -0.2) is 4.79 Å².